The molecule has 0 saturated heterocycles. The maximum absolute atomic E-state index is 15.9. The molecule has 1 aliphatic heterocycles. The van der Waals surface area contributed by atoms with Crippen molar-refractivity contribution in [1.82, 2.24) is 25.0 Å². The highest BCUT2D eigenvalue weighted by atomic mass is 19.1. The first-order chi connectivity index (χ1) is 16.2. The molecule has 0 atom stereocenters. The molecule has 0 fully saturated rings. The summed E-state index contributed by atoms with van der Waals surface area (Å²) < 4.78 is 15.9. The van der Waals surface area contributed by atoms with E-state index in [0.717, 1.165) is 33.3 Å². The van der Waals surface area contributed by atoms with Gasteiger partial charge in [-0.05, 0) is 54.3 Å². The Hall–Kier alpha value is -3.94. The lowest BCUT2D eigenvalue weighted by atomic mass is 9.92. The largest absolute Gasteiger partial charge is 0.348 e. The first-order valence-corrected chi connectivity index (χ1v) is 11.2. The number of H-pyrrole nitrogens is 2. The van der Waals surface area contributed by atoms with Crippen molar-refractivity contribution < 1.29 is 14.0 Å². The van der Waals surface area contributed by atoms with Crippen LogP contribution in [0.25, 0.3) is 38.5 Å². The van der Waals surface area contributed by atoms with Gasteiger partial charge in [0.2, 0.25) is 5.91 Å². The first-order valence-electron chi connectivity index (χ1n) is 11.2. The third kappa shape index (κ3) is 3.55. The predicted octanol–water partition coefficient (Wildman–Crippen LogP) is 4.50. The number of aryl methyl sites for hydroxylation is 1. The normalized spacial score (nSPS) is 14.0. The highest BCUT2D eigenvalue weighted by Gasteiger charge is 2.24. The van der Waals surface area contributed by atoms with Gasteiger partial charge >= 0.3 is 0 Å². The van der Waals surface area contributed by atoms with Crippen molar-refractivity contribution in [3.05, 3.63) is 59.2 Å². The van der Waals surface area contributed by atoms with Crippen LogP contribution in [0.4, 0.5) is 4.39 Å². The van der Waals surface area contributed by atoms with E-state index in [-0.39, 0.29) is 17.3 Å². The number of aromatic amines is 2. The SMILES string of the molecule is CC(=O)N1CCC=C(c2cc(-c3ccc4n[nH]c(C)c4c3)c3cc(C(=O)N(C)C)[nH]c3c2F)C1. The fraction of sp³-hybridized carbons (Fsp3) is 0.269. The molecule has 7 nitrogen and oxygen atoms in total. The smallest absolute Gasteiger partial charge is 0.269 e. The van der Waals surface area contributed by atoms with Crippen molar-refractivity contribution in [2.24, 2.45) is 0 Å². The summed E-state index contributed by atoms with van der Waals surface area (Å²) >= 11 is 0. The Balaban J connectivity index is 1.76. The Morgan fingerprint density at radius 2 is 1.91 bits per heavy atom. The highest BCUT2D eigenvalue weighted by Crippen LogP contribution is 2.37. The third-order valence-corrected chi connectivity index (χ3v) is 6.49. The molecule has 8 heteroatoms. The predicted molar refractivity (Wildman–Crippen MR) is 131 cm³/mol. The second-order valence-electron chi connectivity index (χ2n) is 9.00. The molecular formula is C26H26FN5O2. The van der Waals surface area contributed by atoms with Crippen molar-refractivity contribution in [2.45, 2.75) is 20.3 Å². The van der Waals surface area contributed by atoms with E-state index in [2.05, 4.69) is 15.2 Å². The molecule has 0 unspecified atom stereocenters. The molecule has 2 N–H and O–H groups in total. The molecule has 2 aromatic carbocycles. The molecule has 0 spiro atoms. The van der Waals surface area contributed by atoms with Crippen LogP contribution in [0.5, 0.6) is 0 Å². The molecule has 2 aromatic heterocycles. The first kappa shape index (κ1) is 21.9. The summed E-state index contributed by atoms with van der Waals surface area (Å²) in [5.74, 6) is -0.690. The van der Waals surface area contributed by atoms with E-state index in [1.165, 1.54) is 11.8 Å². The Bertz CT molecular complexity index is 1490. The van der Waals surface area contributed by atoms with Gasteiger partial charge in [-0.25, -0.2) is 4.39 Å². The van der Waals surface area contributed by atoms with Gasteiger partial charge in [-0.15, -0.1) is 0 Å². The number of carbonyl (C=O) groups is 2. The van der Waals surface area contributed by atoms with Crippen LogP contribution in [-0.4, -0.2) is 64.0 Å². The maximum Gasteiger partial charge on any atom is 0.269 e. The molecule has 4 aromatic rings. The number of benzene rings is 2. The summed E-state index contributed by atoms with van der Waals surface area (Å²) in [5.41, 5.74) is 5.29. The molecule has 0 bridgehead atoms. The number of rotatable bonds is 3. The second kappa shape index (κ2) is 8.13. The van der Waals surface area contributed by atoms with Crippen LogP contribution < -0.4 is 0 Å². The van der Waals surface area contributed by atoms with Gasteiger partial charge in [0.1, 0.15) is 5.69 Å². The number of carbonyl (C=O) groups excluding carboxylic acids is 2. The lowest BCUT2D eigenvalue weighted by Crippen LogP contribution is -2.33. The van der Waals surface area contributed by atoms with Gasteiger partial charge in [-0.1, -0.05) is 12.1 Å². The monoisotopic (exact) mass is 459 g/mol. The molecule has 0 saturated carbocycles. The van der Waals surface area contributed by atoms with Gasteiger partial charge in [-0.2, -0.15) is 5.10 Å². The summed E-state index contributed by atoms with van der Waals surface area (Å²) in [4.78, 5) is 30.8. The fourth-order valence-electron chi connectivity index (χ4n) is 4.60. The molecule has 0 aliphatic carbocycles. The van der Waals surface area contributed by atoms with Crippen LogP contribution in [0.2, 0.25) is 0 Å². The average Bonchev–Trinajstić information content (AvgIpc) is 3.43. The number of hydrogen-bond acceptors (Lipinski definition) is 3. The number of nitrogens with zero attached hydrogens (tertiary/aromatic N) is 3. The number of halogens is 1. The van der Waals surface area contributed by atoms with Gasteiger partial charge in [0.15, 0.2) is 5.82 Å². The van der Waals surface area contributed by atoms with Crippen LogP contribution in [0, 0.1) is 12.7 Å². The lowest BCUT2D eigenvalue weighted by Gasteiger charge is -2.27. The molecule has 0 radical (unpaired) electrons. The minimum atomic E-state index is -0.422. The third-order valence-electron chi connectivity index (χ3n) is 6.49. The number of nitrogens with one attached hydrogen (secondary N) is 2. The van der Waals surface area contributed by atoms with Crippen LogP contribution in [0.1, 0.15) is 35.1 Å². The molecule has 3 heterocycles. The lowest BCUT2D eigenvalue weighted by molar-refractivity contribution is -0.128. The van der Waals surface area contributed by atoms with Crippen LogP contribution >= 0.6 is 0 Å². The van der Waals surface area contributed by atoms with Gasteiger partial charge in [-0.3, -0.25) is 14.7 Å². The highest BCUT2D eigenvalue weighted by molar-refractivity contribution is 6.05. The summed E-state index contributed by atoms with van der Waals surface area (Å²) in [5, 5.41) is 8.92. The minimum absolute atomic E-state index is 0.0352. The molecular weight excluding hydrogens is 433 g/mol. The molecule has 5 rings (SSSR count). The van der Waals surface area contributed by atoms with E-state index in [1.54, 1.807) is 25.1 Å². The van der Waals surface area contributed by atoms with Gasteiger partial charge in [0, 0.05) is 56.1 Å². The quantitative estimate of drug-likeness (QED) is 0.473. The second-order valence-corrected chi connectivity index (χ2v) is 9.00. The summed E-state index contributed by atoms with van der Waals surface area (Å²) in [7, 11) is 3.32. The Labute approximate surface area is 196 Å². The topological polar surface area (TPSA) is 85.1 Å². The van der Waals surface area contributed by atoms with Gasteiger partial charge in [0.25, 0.3) is 5.91 Å². The average molecular weight is 460 g/mol. The zero-order chi connectivity index (χ0) is 24.1. The van der Waals surface area contributed by atoms with E-state index < -0.39 is 5.82 Å². The van der Waals surface area contributed by atoms with E-state index >= 15 is 4.39 Å². The summed E-state index contributed by atoms with van der Waals surface area (Å²) in [6.45, 7) is 4.45. The molecule has 174 valence electrons. The van der Waals surface area contributed by atoms with Crippen molar-refractivity contribution in [1.29, 1.82) is 0 Å². The van der Waals surface area contributed by atoms with Gasteiger partial charge in [0.05, 0.1) is 11.0 Å². The Morgan fingerprint density at radius 1 is 1.12 bits per heavy atom. The standard InChI is InChI=1S/C26H26FN5O2/c1-14-18-10-16(7-8-22(18)30-29-14)19-11-20(17-6-5-9-32(13-17)15(2)33)24(27)25-21(19)12-23(28-25)26(34)31(3)4/h6-8,10-12,28H,5,9,13H2,1-4H3,(H,29,30). The van der Waals surface area contributed by atoms with Crippen molar-refractivity contribution in [2.75, 3.05) is 27.2 Å². The Kier molecular flexibility index (Phi) is 5.23. The van der Waals surface area contributed by atoms with E-state index in [1.807, 2.05) is 37.3 Å². The van der Waals surface area contributed by atoms with Crippen LogP contribution in [0.3, 0.4) is 0 Å². The molecule has 34 heavy (non-hydrogen) atoms. The number of aromatic nitrogens is 3. The number of amides is 2. The van der Waals surface area contributed by atoms with Crippen molar-refractivity contribution in [3.8, 4) is 11.1 Å². The Morgan fingerprint density at radius 3 is 2.65 bits per heavy atom. The zero-order valence-electron chi connectivity index (χ0n) is 19.6. The maximum atomic E-state index is 15.9. The van der Waals surface area contributed by atoms with Crippen molar-refractivity contribution in [3.63, 3.8) is 0 Å². The van der Waals surface area contributed by atoms with E-state index in [9.17, 15) is 9.59 Å². The number of hydrogen-bond donors (Lipinski definition) is 2. The fourth-order valence-corrected chi connectivity index (χ4v) is 4.60. The van der Waals surface area contributed by atoms with Crippen LogP contribution in [0.15, 0.2) is 36.4 Å². The molecule has 2 amide bonds. The van der Waals surface area contributed by atoms with E-state index in [4.69, 9.17) is 0 Å². The molecule has 1 aliphatic rings. The summed E-state index contributed by atoms with van der Waals surface area (Å²) in [6, 6.07) is 9.46. The minimum Gasteiger partial charge on any atom is -0.348 e. The van der Waals surface area contributed by atoms with Gasteiger partial charge < -0.3 is 14.8 Å². The van der Waals surface area contributed by atoms with E-state index in [0.29, 0.717) is 36.2 Å². The van der Waals surface area contributed by atoms with Crippen LogP contribution in [-0.2, 0) is 4.79 Å². The number of fused-ring (bicyclic) bond motifs is 2. The zero-order valence-corrected chi connectivity index (χ0v) is 19.6. The van der Waals surface area contributed by atoms with Crippen molar-refractivity contribution >= 4 is 39.2 Å². The summed E-state index contributed by atoms with van der Waals surface area (Å²) in [6.07, 6.45) is 2.66.